The molecule has 0 spiro atoms. The number of rotatable bonds is 8. The maximum absolute atomic E-state index is 13.9. The fraction of sp³-hybridized carbons (Fsp3) is 0.407. The molecule has 4 rings (SSSR count). The van der Waals surface area contributed by atoms with Gasteiger partial charge in [0.1, 0.15) is 17.1 Å². The van der Waals surface area contributed by atoms with Gasteiger partial charge in [0.2, 0.25) is 11.9 Å². The number of fused-ring (bicyclic) bond motifs is 1. The van der Waals surface area contributed by atoms with E-state index in [1.807, 2.05) is 18.7 Å². The van der Waals surface area contributed by atoms with Crippen molar-refractivity contribution >= 4 is 46.1 Å². The molecule has 0 bridgehead atoms. The van der Waals surface area contributed by atoms with Gasteiger partial charge in [-0.1, -0.05) is 28.8 Å². The Hall–Kier alpha value is -3.34. The van der Waals surface area contributed by atoms with E-state index in [4.69, 9.17) is 38.4 Å². The molecule has 0 saturated carbocycles. The fourth-order valence-corrected chi connectivity index (χ4v) is 5.37. The van der Waals surface area contributed by atoms with Crippen LogP contribution in [0.25, 0.3) is 22.2 Å². The van der Waals surface area contributed by atoms with Crippen LogP contribution in [0.4, 0.5) is 5.95 Å². The first-order chi connectivity index (χ1) is 18.6. The summed E-state index contributed by atoms with van der Waals surface area (Å²) >= 11 is 13.3. The first-order valence-corrected chi connectivity index (χ1v) is 13.3. The van der Waals surface area contributed by atoms with Gasteiger partial charge in [0.05, 0.1) is 29.8 Å². The van der Waals surface area contributed by atoms with Gasteiger partial charge >= 0.3 is 0 Å². The number of nitrogens with zero attached hydrogens (tertiary/aromatic N) is 5. The molecular weight excluding hydrogens is 543 g/mol. The Labute approximate surface area is 236 Å². The highest BCUT2D eigenvalue weighted by molar-refractivity contribution is 6.41. The summed E-state index contributed by atoms with van der Waals surface area (Å²) in [6.07, 6.45) is 3.91. The second kappa shape index (κ2) is 12.2. The van der Waals surface area contributed by atoms with Crippen molar-refractivity contribution in [2.45, 2.75) is 26.8 Å². The van der Waals surface area contributed by atoms with Gasteiger partial charge in [-0.3, -0.25) is 19.1 Å². The number of carbonyl (C=O) groups excluding carboxylic acids is 1. The lowest BCUT2D eigenvalue weighted by Gasteiger charge is -2.34. The van der Waals surface area contributed by atoms with Gasteiger partial charge in [0.15, 0.2) is 0 Å². The average molecular weight is 575 g/mol. The number of hydrogen-bond donors (Lipinski definition) is 1. The summed E-state index contributed by atoms with van der Waals surface area (Å²) in [7, 11) is 2.95. The first-order valence-electron chi connectivity index (χ1n) is 12.6. The second-order valence-corrected chi connectivity index (χ2v) is 10.3. The number of methoxy groups -OCH3 is 2. The molecule has 1 saturated heterocycles. The molecule has 208 valence electrons. The summed E-state index contributed by atoms with van der Waals surface area (Å²) in [5, 5.41) is 1.01. The molecule has 1 aromatic carbocycles. The van der Waals surface area contributed by atoms with Gasteiger partial charge in [-0.25, -0.2) is 4.98 Å². The number of carbonyl (C=O) groups is 1. The normalized spacial score (nSPS) is 13.9. The Bertz CT molecular complexity index is 1450. The Morgan fingerprint density at radius 2 is 1.69 bits per heavy atom. The number of anilines is 1. The number of amides is 1. The van der Waals surface area contributed by atoms with Gasteiger partial charge in [-0.2, -0.15) is 4.98 Å². The maximum Gasteiger partial charge on any atom is 0.260 e. The number of piperazine rings is 1. The zero-order valence-corrected chi connectivity index (χ0v) is 24.0. The molecule has 2 aromatic heterocycles. The predicted octanol–water partition coefficient (Wildman–Crippen LogP) is 3.87. The van der Waals surface area contributed by atoms with E-state index in [9.17, 15) is 9.59 Å². The minimum absolute atomic E-state index is 0.0493. The van der Waals surface area contributed by atoms with E-state index in [-0.39, 0.29) is 33.0 Å². The van der Waals surface area contributed by atoms with E-state index in [0.29, 0.717) is 54.2 Å². The van der Waals surface area contributed by atoms with E-state index in [2.05, 4.69) is 14.9 Å². The third-order valence-corrected chi connectivity index (χ3v) is 7.39. The van der Waals surface area contributed by atoms with Crippen LogP contribution in [-0.2, 0) is 11.3 Å². The average Bonchev–Trinajstić information content (AvgIpc) is 2.91. The molecule has 1 amide bonds. The summed E-state index contributed by atoms with van der Waals surface area (Å²) in [6, 6.07) is 3.23. The smallest absolute Gasteiger partial charge is 0.260 e. The molecular formula is C27H32Cl2N6O4. The molecule has 1 fully saturated rings. The van der Waals surface area contributed by atoms with Crippen LogP contribution in [0.3, 0.4) is 0 Å². The first kappa shape index (κ1) is 28.7. The van der Waals surface area contributed by atoms with Crippen molar-refractivity contribution in [1.82, 2.24) is 24.3 Å². The number of ether oxygens (including phenoxy) is 2. The van der Waals surface area contributed by atoms with Crippen LogP contribution in [0, 0.1) is 0 Å². The third kappa shape index (κ3) is 6.13. The van der Waals surface area contributed by atoms with Gasteiger partial charge in [0.25, 0.3) is 5.56 Å². The minimum atomic E-state index is -0.322. The second-order valence-electron chi connectivity index (χ2n) is 9.55. The van der Waals surface area contributed by atoms with Crippen molar-refractivity contribution in [2.75, 3.05) is 52.7 Å². The lowest BCUT2D eigenvalue weighted by Crippen LogP contribution is -2.48. The number of nitrogens with two attached hydrogens (primary N) is 1. The molecule has 1 aliphatic heterocycles. The number of halogens is 2. The largest absolute Gasteiger partial charge is 0.495 e. The van der Waals surface area contributed by atoms with Crippen molar-refractivity contribution in [3.63, 3.8) is 0 Å². The van der Waals surface area contributed by atoms with E-state index >= 15 is 0 Å². The predicted molar refractivity (Wildman–Crippen MR) is 154 cm³/mol. The number of aromatic nitrogens is 3. The van der Waals surface area contributed by atoms with Crippen LogP contribution in [0.2, 0.25) is 10.0 Å². The molecule has 0 unspecified atom stereocenters. The van der Waals surface area contributed by atoms with Crippen LogP contribution in [0.1, 0.15) is 20.3 Å². The van der Waals surface area contributed by atoms with Crippen LogP contribution in [0.15, 0.2) is 34.8 Å². The van der Waals surface area contributed by atoms with Crippen LogP contribution >= 0.6 is 23.2 Å². The lowest BCUT2D eigenvalue weighted by atomic mass is 10.0. The Morgan fingerprint density at radius 1 is 1.05 bits per heavy atom. The summed E-state index contributed by atoms with van der Waals surface area (Å²) in [5.41, 5.74) is 7.55. The summed E-state index contributed by atoms with van der Waals surface area (Å²) in [4.78, 5) is 38.8. The summed E-state index contributed by atoms with van der Waals surface area (Å²) in [5.74, 6) is 0.775. The van der Waals surface area contributed by atoms with Crippen molar-refractivity contribution in [3.05, 3.63) is 50.4 Å². The molecule has 12 heteroatoms. The van der Waals surface area contributed by atoms with Gasteiger partial charge in [0, 0.05) is 62.0 Å². The van der Waals surface area contributed by atoms with Crippen molar-refractivity contribution in [2.24, 2.45) is 0 Å². The standard InChI is InChI=1S/C27H32Cl2N6O4/c1-16(2)12-21(36)34-10-8-33(9-11-34)6-5-7-35-25-17(15-31-27(30)32-25)13-18(26(35)37)22-23(28)19(38-3)14-20(39-4)24(22)29/h12-15H,5-11H2,1-4H3,(H2,30,31,32). The SMILES string of the molecule is COc1cc(OC)c(Cl)c(-c2cc3cnc(N)nc3n(CCCN3CCN(C(=O)C=C(C)C)CC3)c2=O)c1Cl. The molecule has 0 aliphatic carbocycles. The van der Waals surface area contributed by atoms with E-state index < -0.39 is 0 Å². The number of hydrogen-bond acceptors (Lipinski definition) is 8. The molecule has 10 nitrogen and oxygen atoms in total. The number of allylic oxidation sites excluding steroid dienone is 1. The van der Waals surface area contributed by atoms with Crippen LogP contribution < -0.4 is 20.8 Å². The topological polar surface area (TPSA) is 116 Å². The zero-order valence-electron chi connectivity index (χ0n) is 22.5. The van der Waals surface area contributed by atoms with E-state index in [0.717, 1.165) is 25.2 Å². The van der Waals surface area contributed by atoms with Gasteiger partial charge in [-0.15, -0.1) is 0 Å². The maximum atomic E-state index is 13.9. The molecule has 3 heterocycles. The summed E-state index contributed by atoms with van der Waals surface area (Å²) < 4.78 is 12.4. The molecule has 0 radical (unpaired) electrons. The Balaban J connectivity index is 1.63. The van der Waals surface area contributed by atoms with E-state index in [1.165, 1.54) is 14.2 Å². The number of pyridine rings is 1. The molecule has 2 N–H and O–H groups in total. The minimum Gasteiger partial charge on any atom is -0.495 e. The van der Waals surface area contributed by atoms with Crippen molar-refractivity contribution in [3.8, 4) is 22.6 Å². The highest BCUT2D eigenvalue weighted by Crippen LogP contribution is 2.45. The quantitative estimate of drug-likeness (QED) is 0.403. The van der Waals surface area contributed by atoms with Crippen LogP contribution in [0.5, 0.6) is 11.5 Å². The van der Waals surface area contributed by atoms with E-state index in [1.54, 1.807) is 29.0 Å². The van der Waals surface area contributed by atoms with Gasteiger partial charge < -0.3 is 20.1 Å². The lowest BCUT2D eigenvalue weighted by molar-refractivity contribution is -0.127. The summed E-state index contributed by atoms with van der Waals surface area (Å²) in [6.45, 7) is 7.83. The molecule has 0 atom stereocenters. The number of benzene rings is 1. The highest BCUT2D eigenvalue weighted by Gasteiger charge is 2.24. The Morgan fingerprint density at radius 3 is 2.28 bits per heavy atom. The van der Waals surface area contributed by atoms with Crippen molar-refractivity contribution in [1.29, 1.82) is 0 Å². The molecule has 1 aliphatic rings. The van der Waals surface area contributed by atoms with Crippen LogP contribution in [-0.4, -0.2) is 77.2 Å². The molecule has 3 aromatic rings. The highest BCUT2D eigenvalue weighted by atomic mass is 35.5. The fourth-order valence-electron chi connectivity index (χ4n) is 4.66. The van der Waals surface area contributed by atoms with Crippen molar-refractivity contribution < 1.29 is 14.3 Å². The van der Waals surface area contributed by atoms with Gasteiger partial charge in [-0.05, 0) is 32.9 Å². The monoisotopic (exact) mass is 574 g/mol. The number of aryl methyl sites for hydroxylation is 1. The molecule has 39 heavy (non-hydrogen) atoms. The third-order valence-electron chi connectivity index (χ3n) is 6.64. The Kier molecular flexibility index (Phi) is 8.99. The number of nitrogen functional groups attached to an aromatic ring is 1. The zero-order chi connectivity index (χ0) is 28.3.